The van der Waals surface area contributed by atoms with Crippen LogP contribution in [0.25, 0.3) is 0 Å². The van der Waals surface area contributed by atoms with Crippen molar-refractivity contribution in [1.29, 1.82) is 0 Å². The summed E-state index contributed by atoms with van der Waals surface area (Å²) in [5.74, 6) is 1.84. The van der Waals surface area contributed by atoms with Gasteiger partial charge < -0.3 is 14.8 Å². The summed E-state index contributed by atoms with van der Waals surface area (Å²) in [5, 5.41) is 0. The summed E-state index contributed by atoms with van der Waals surface area (Å²) < 4.78 is 0. The first-order valence-corrected chi connectivity index (χ1v) is 11.9. The van der Waals surface area contributed by atoms with Gasteiger partial charge >= 0.3 is 0 Å². The van der Waals surface area contributed by atoms with Gasteiger partial charge in [-0.3, -0.25) is 14.6 Å². The fraction of sp³-hybridized carbons (Fsp3) is 0.520. The Morgan fingerprint density at radius 1 is 1.16 bits per heavy atom. The standard InChI is InChI=1S/C25H31N5O2/c31-24-21-17-30(25(32)20-7-4-11-26-15-20)14-10-22(21)27-23(28-24)19-8-12-29(13-9-19)16-18-5-2-1-3-6-18/h1-2,4,7,11,15,18-19H,3,5-6,8-10,12-14,16-17H2,(H,27,28,31). The summed E-state index contributed by atoms with van der Waals surface area (Å²) in [6, 6.07) is 3.51. The number of hydrogen-bond donors (Lipinski definition) is 1. The number of nitrogens with zero attached hydrogens (tertiary/aromatic N) is 4. The van der Waals surface area contributed by atoms with Crippen LogP contribution in [-0.2, 0) is 13.0 Å². The molecule has 0 bridgehead atoms. The molecule has 168 valence electrons. The molecule has 32 heavy (non-hydrogen) atoms. The molecule has 1 amide bonds. The molecule has 2 aromatic heterocycles. The van der Waals surface area contributed by atoms with Crippen LogP contribution in [0.15, 0.2) is 41.5 Å². The SMILES string of the molecule is O=C(c1cccnc1)N1CCc2nc(C3CCN(CC4CC=CCC4)CC3)[nH]c(=O)c2C1. The van der Waals surface area contributed by atoms with Crippen LogP contribution in [0.1, 0.15) is 65.5 Å². The molecule has 1 atom stereocenters. The topological polar surface area (TPSA) is 82.2 Å². The van der Waals surface area contributed by atoms with Crippen molar-refractivity contribution in [2.75, 3.05) is 26.2 Å². The third kappa shape index (κ3) is 4.53. The number of amides is 1. The van der Waals surface area contributed by atoms with Gasteiger partial charge in [-0.1, -0.05) is 12.2 Å². The number of aromatic amines is 1. The summed E-state index contributed by atoms with van der Waals surface area (Å²) in [5.41, 5.74) is 1.94. The number of piperidine rings is 1. The zero-order chi connectivity index (χ0) is 21.9. The van der Waals surface area contributed by atoms with E-state index in [4.69, 9.17) is 4.98 Å². The maximum atomic E-state index is 12.9. The second-order valence-corrected chi connectivity index (χ2v) is 9.32. The van der Waals surface area contributed by atoms with E-state index in [2.05, 4.69) is 27.0 Å². The van der Waals surface area contributed by atoms with E-state index in [0.29, 0.717) is 36.6 Å². The summed E-state index contributed by atoms with van der Waals surface area (Å²) in [6.07, 6.45) is 14.3. The fourth-order valence-corrected chi connectivity index (χ4v) is 5.26. The normalized spacial score (nSPS) is 22.0. The van der Waals surface area contributed by atoms with Gasteiger partial charge in [0, 0.05) is 37.8 Å². The van der Waals surface area contributed by atoms with Crippen LogP contribution in [0.2, 0.25) is 0 Å². The Labute approximate surface area is 188 Å². The molecule has 2 aromatic rings. The van der Waals surface area contributed by atoms with Crippen molar-refractivity contribution in [3.8, 4) is 0 Å². The number of allylic oxidation sites excluding steroid dienone is 2. The zero-order valence-electron chi connectivity index (χ0n) is 18.5. The van der Waals surface area contributed by atoms with Crippen LogP contribution >= 0.6 is 0 Å². The van der Waals surface area contributed by atoms with Gasteiger partial charge in [-0.05, 0) is 63.2 Å². The Bertz CT molecular complexity index is 1040. The Balaban J connectivity index is 1.23. The average molecular weight is 434 g/mol. The van der Waals surface area contributed by atoms with E-state index >= 15 is 0 Å². The quantitative estimate of drug-likeness (QED) is 0.750. The lowest BCUT2D eigenvalue weighted by Crippen LogP contribution is -2.41. The Morgan fingerprint density at radius 3 is 2.78 bits per heavy atom. The van der Waals surface area contributed by atoms with E-state index in [0.717, 1.165) is 43.4 Å². The summed E-state index contributed by atoms with van der Waals surface area (Å²) in [4.78, 5) is 41.9. The highest BCUT2D eigenvalue weighted by atomic mass is 16.2. The predicted molar refractivity (Wildman–Crippen MR) is 122 cm³/mol. The second kappa shape index (κ2) is 9.36. The molecular weight excluding hydrogens is 402 g/mol. The largest absolute Gasteiger partial charge is 0.334 e. The lowest BCUT2D eigenvalue weighted by Gasteiger charge is -2.34. The number of aromatic nitrogens is 3. The molecule has 7 nitrogen and oxygen atoms in total. The van der Waals surface area contributed by atoms with Gasteiger partial charge in [-0.15, -0.1) is 0 Å². The first kappa shape index (κ1) is 21.1. The first-order chi connectivity index (χ1) is 15.7. The van der Waals surface area contributed by atoms with Crippen LogP contribution in [0.3, 0.4) is 0 Å². The Kier molecular flexibility index (Phi) is 6.17. The van der Waals surface area contributed by atoms with Gasteiger partial charge in [0.25, 0.3) is 11.5 Å². The minimum Gasteiger partial charge on any atom is -0.334 e. The molecule has 4 heterocycles. The van der Waals surface area contributed by atoms with Crippen LogP contribution in [0.5, 0.6) is 0 Å². The molecule has 0 radical (unpaired) electrons. The number of carbonyl (C=O) groups is 1. The van der Waals surface area contributed by atoms with Gasteiger partial charge in [-0.25, -0.2) is 4.98 Å². The number of pyridine rings is 1. The number of likely N-dealkylation sites (tertiary alicyclic amines) is 1. The van der Waals surface area contributed by atoms with E-state index in [9.17, 15) is 9.59 Å². The fourth-order valence-electron chi connectivity index (χ4n) is 5.26. The lowest BCUT2D eigenvalue weighted by atomic mass is 9.91. The number of rotatable bonds is 4. The van der Waals surface area contributed by atoms with Crippen molar-refractivity contribution in [1.82, 2.24) is 24.8 Å². The first-order valence-electron chi connectivity index (χ1n) is 11.9. The predicted octanol–water partition coefficient (Wildman–Crippen LogP) is 2.90. The molecule has 1 aliphatic carbocycles. The number of carbonyl (C=O) groups excluding carboxylic acids is 1. The third-order valence-electron chi connectivity index (χ3n) is 7.15. The zero-order valence-corrected chi connectivity index (χ0v) is 18.5. The van der Waals surface area contributed by atoms with Crippen molar-refractivity contribution in [2.24, 2.45) is 5.92 Å². The molecule has 0 saturated carbocycles. The van der Waals surface area contributed by atoms with Crippen molar-refractivity contribution < 1.29 is 4.79 Å². The number of fused-ring (bicyclic) bond motifs is 1. The maximum absolute atomic E-state index is 12.9. The van der Waals surface area contributed by atoms with E-state index in [1.807, 2.05) is 0 Å². The van der Waals surface area contributed by atoms with E-state index in [1.54, 1.807) is 29.4 Å². The van der Waals surface area contributed by atoms with Gasteiger partial charge in [-0.2, -0.15) is 0 Å². The molecule has 5 rings (SSSR count). The molecule has 3 aliphatic rings. The van der Waals surface area contributed by atoms with Crippen molar-refractivity contribution in [3.05, 3.63) is 69.7 Å². The highest BCUT2D eigenvalue weighted by Gasteiger charge is 2.28. The second-order valence-electron chi connectivity index (χ2n) is 9.32. The van der Waals surface area contributed by atoms with E-state index in [1.165, 1.54) is 25.8 Å². The average Bonchev–Trinajstić information content (AvgIpc) is 2.85. The van der Waals surface area contributed by atoms with Crippen LogP contribution in [0, 0.1) is 5.92 Å². The number of nitrogens with one attached hydrogen (secondary N) is 1. The van der Waals surface area contributed by atoms with Crippen LogP contribution in [0.4, 0.5) is 0 Å². The van der Waals surface area contributed by atoms with Crippen molar-refractivity contribution in [2.45, 2.75) is 51.0 Å². The molecule has 1 N–H and O–H groups in total. The Morgan fingerprint density at radius 2 is 2.03 bits per heavy atom. The Hall–Kier alpha value is -2.80. The van der Waals surface area contributed by atoms with E-state index < -0.39 is 0 Å². The lowest BCUT2D eigenvalue weighted by molar-refractivity contribution is 0.0732. The van der Waals surface area contributed by atoms with Gasteiger partial charge in [0.2, 0.25) is 0 Å². The van der Waals surface area contributed by atoms with Crippen LogP contribution < -0.4 is 5.56 Å². The summed E-state index contributed by atoms with van der Waals surface area (Å²) in [6.45, 7) is 4.20. The minimum atomic E-state index is -0.0925. The number of hydrogen-bond acceptors (Lipinski definition) is 5. The molecule has 0 spiro atoms. The molecule has 1 fully saturated rings. The third-order valence-corrected chi connectivity index (χ3v) is 7.15. The van der Waals surface area contributed by atoms with E-state index in [-0.39, 0.29) is 11.5 Å². The smallest absolute Gasteiger partial charge is 0.256 e. The summed E-state index contributed by atoms with van der Waals surface area (Å²) in [7, 11) is 0. The minimum absolute atomic E-state index is 0.0898. The van der Waals surface area contributed by atoms with Gasteiger partial charge in [0.1, 0.15) is 5.82 Å². The summed E-state index contributed by atoms with van der Waals surface area (Å²) >= 11 is 0. The van der Waals surface area contributed by atoms with Gasteiger partial charge in [0.15, 0.2) is 0 Å². The number of H-pyrrole nitrogens is 1. The molecule has 1 saturated heterocycles. The highest BCUT2D eigenvalue weighted by Crippen LogP contribution is 2.28. The van der Waals surface area contributed by atoms with Gasteiger partial charge in [0.05, 0.1) is 23.4 Å². The van der Waals surface area contributed by atoms with Crippen LogP contribution in [-0.4, -0.2) is 56.8 Å². The molecule has 2 aliphatic heterocycles. The van der Waals surface area contributed by atoms with Crippen molar-refractivity contribution in [3.63, 3.8) is 0 Å². The molecule has 1 unspecified atom stereocenters. The molecular formula is C25H31N5O2. The highest BCUT2D eigenvalue weighted by molar-refractivity contribution is 5.94. The maximum Gasteiger partial charge on any atom is 0.256 e. The molecule has 0 aromatic carbocycles. The molecule has 7 heteroatoms. The van der Waals surface area contributed by atoms with Crippen molar-refractivity contribution >= 4 is 5.91 Å². The monoisotopic (exact) mass is 433 g/mol.